The third kappa shape index (κ3) is 1.79. The molecule has 0 aromatic heterocycles. The second-order valence-corrected chi connectivity index (χ2v) is 5.04. The van der Waals surface area contributed by atoms with Gasteiger partial charge in [-0.05, 0) is 46.5 Å². The average Bonchev–Trinajstić information content (AvgIpc) is 2.17. The predicted octanol–water partition coefficient (Wildman–Crippen LogP) is 2.84. The molecule has 1 aliphatic carbocycles. The molecule has 0 spiro atoms. The third-order valence-corrected chi connectivity index (χ3v) is 4.09. The van der Waals surface area contributed by atoms with Gasteiger partial charge in [-0.3, -0.25) is 0 Å². The summed E-state index contributed by atoms with van der Waals surface area (Å²) in [6.07, 6.45) is 3.71. The van der Waals surface area contributed by atoms with Gasteiger partial charge in [0.05, 0.1) is 11.6 Å². The monoisotopic (exact) mass is 269 g/mol. The molecule has 15 heavy (non-hydrogen) atoms. The number of hydrogen-bond donors (Lipinski definition) is 1. The Balaban J connectivity index is 2.33. The van der Waals surface area contributed by atoms with Crippen LogP contribution in [-0.2, 0) is 5.41 Å². The Hall–Kier alpha value is -0.540. The van der Waals surface area contributed by atoms with E-state index < -0.39 is 0 Å². The number of rotatable bonds is 3. The van der Waals surface area contributed by atoms with E-state index in [9.17, 15) is 0 Å². The minimum atomic E-state index is 0.231. The summed E-state index contributed by atoms with van der Waals surface area (Å²) in [6.45, 7) is 0.742. The zero-order valence-corrected chi connectivity index (χ0v) is 10.5. The van der Waals surface area contributed by atoms with Crippen LogP contribution in [0.15, 0.2) is 22.7 Å². The molecular weight excluding hydrogens is 254 g/mol. The van der Waals surface area contributed by atoms with E-state index >= 15 is 0 Å². The summed E-state index contributed by atoms with van der Waals surface area (Å²) in [6, 6.07) is 6.29. The van der Waals surface area contributed by atoms with Gasteiger partial charge in [-0.2, -0.15) is 0 Å². The van der Waals surface area contributed by atoms with Crippen molar-refractivity contribution in [1.82, 2.24) is 0 Å². The molecule has 0 bridgehead atoms. The van der Waals surface area contributed by atoms with Crippen molar-refractivity contribution >= 4 is 15.9 Å². The van der Waals surface area contributed by atoms with Crippen molar-refractivity contribution in [2.75, 3.05) is 13.7 Å². The van der Waals surface area contributed by atoms with E-state index in [0.717, 1.165) is 16.8 Å². The van der Waals surface area contributed by atoms with Crippen LogP contribution in [0.1, 0.15) is 24.8 Å². The van der Waals surface area contributed by atoms with Gasteiger partial charge in [-0.15, -0.1) is 0 Å². The predicted molar refractivity (Wildman–Crippen MR) is 65.3 cm³/mol. The lowest BCUT2D eigenvalue weighted by Gasteiger charge is -2.41. The Bertz CT molecular complexity index is 355. The van der Waals surface area contributed by atoms with Gasteiger partial charge in [-0.1, -0.05) is 12.5 Å². The fourth-order valence-electron chi connectivity index (χ4n) is 2.21. The zero-order chi connectivity index (χ0) is 10.9. The molecule has 2 nitrogen and oxygen atoms in total. The second kappa shape index (κ2) is 4.14. The average molecular weight is 270 g/mol. The summed E-state index contributed by atoms with van der Waals surface area (Å²) in [4.78, 5) is 0. The van der Waals surface area contributed by atoms with Crippen LogP contribution in [0.5, 0.6) is 5.75 Å². The molecule has 0 aliphatic heterocycles. The molecule has 0 atom stereocenters. The van der Waals surface area contributed by atoms with Crippen molar-refractivity contribution in [3.8, 4) is 5.75 Å². The SMILES string of the molecule is COc1ccc(C2(CN)CCC2)cc1Br. The van der Waals surface area contributed by atoms with Gasteiger partial charge in [0, 0.05) is 12.0 Å². The normalized spacial score (nSPS) is 18.3. The van der Waals surface area contributed by atoms with Crippen LogP contribution in [-0.4, -0.2) is 13.7 Å². The van der Waals surface area contributed by atoms with Crippen molar-refractivity contribution in [1.29, 1.82) is 0 Å². The standard InChI is InChI=1S/C12H16BrNO/c1-15-11-4-3-9(7-10(11)13)12(8-14)5-2-6-12/h3-4,7H,2,5-6,8,14H2,1H3. The van der Waals surface area contributed by atoms with E-state index in [4.69, 9.17) is 10.5 Å². The van der Waals surface area contributed by atoms with E-state index in [1.807, 2.05) is 6.07 Å². The minimum Gasteiger partial charge on any atom is -0.496 e. The number of hydrogen-bond acceptors (Lipinski definition) is 2. The topological polar surface area (TPSA) is 35.2 Å². The van der Waals surface area contributed by atoms with Crippen LogP contribution >= 0.6 is 15.9 Å². The molecule has 0 amide bonds. The first-order chi connectivity index (χ1) is 7.22. The van der Waals surface area contributed by atoms with Gasteiger partial charge < -0.3 is 10.5 Å². The highest BCUT2D eigenvalue weighted by molar-refractivity contribution is 9.10. The summed E-state index contributed by atoms with van der Waals surface area (Å²) >= 11 is 3.52. The Kier molecular flexibility index (Phi) is 3.03. The maximum atomic E-state index is 5.87. The number of benzene rings is 1. The first-order valence-corrected chi connectivity index (χ1v) is 6.05. The highest BCUT2D eigenvalue weighted by Gasteiger charge is 2.37. The van der Waals surface area contributed by atoms with Crippen molar-refractivity contribution in [2.45, 2.75) is 24.7 Å². The van der Waals surface area contributed by atoms with Gasteiger partial charge in [0.25, 0.3) is 0 Å². The fourth-order valence-corrected chi connectivity index (χ4v) is 2.75. The van der Waals surface area contributed by atoms with Crippen LogP contribution in [0.25, 0.3) is 0 Å². The first-order valence-electron chi connectivity index (χ1n) is 5.26. The van der Waals surface area contributed by atoms with Gasteiger partial charge in [0.1, 0.15) is 5.75 Å². The minimum absolute atomic E-state index is 0.231. The van der Waals surface area contributed by atoms with Crippen LogP contribution in [0.4, 0.5) is 0 Å². The summed E-state index contributed by atoms with van der Waals surface area (Å²) in [5.74, 6) is 0.880. The summed E-state index contributed by atoms with van der Waals surface area (Å²) in [5.41, 5.74) is 7.44. The molecule has 1 aliphatic rings. The molecule has 0 unspecified atom stereocenters. The van der Waals surface area contributed by atoms with Crippen LogP contribution < -0.4 is 10.5 Å². The highest BCUT2D eigenvalue weighted by Crippen LogP contribution is 2.44. The van der Waals surface area contributed by atoms with E-state index in [1.165, 1.54) is 24.8 Å². The maximum Gasteiger partial charge on any atom is 0.133 e. The first kappa shape index (κ1) is 11.0. The molecule has 2 N–H and O–H groups in total. The highest BCUT2D eigenvalue weighted by atomic mass is 79.9. The molecular formula is C12H16BrNO. The Morgan fingerprint density at radius 2 is 2.20 bits per heavy atom. The molecule has 3 heteroatoms. The van der Waals surface area contributed by atoms with Crippen molar-refractivity contribution in [3.63, 3.8) is 0 Å². The third-order valence-electron chi connectivity index (χ3n) is 3.47. The molecule has 1 aromatic carbocycles. The molecule has 1 fully saturated rings. The maximum absolute atomic E-state index is 5.87. The summed E-state index contributed by atoms with van der Waals surface area (Å²) in [5, 5.41) is 0. The van der Waals surface area contributed by atoms with Crippen LogP contribution in [0.3, 0.4) is 0 Å². The van der Waals surface area contributed by atoms with E-state index in [-0.39, 0.29) is 5.41 Å². The lowest BCUT2D eigenvalue weighted by atomic mass is 9.64. The Morgan fingerprint density at radius 1 is 1.47 bits per heavy atom. The lowest BCUT2D eigenvalue weighted by molar-refractivity contribution is 0.252. The van der Waals surface area contributed by atoms with E-state index in [1.54, 1.807) is 7.11 Å². The summed E-state index contributed by atoms with van der Waals surface area (Å²) < 4.78 is 6.24. The Labute approximate surface area is 98.9 Å². The Morgan fingerprint density at radius 3 is 2.60 bits per heavy atom. The smallest absolute Gasteiger partial charge is 0.133 e. The number of nitrogens with two attached hydrogens (primary N) is 1. The van der Waals surface area contributed by atoms with Crippen molar-refractivity contribution in [3.05, 3.63) is 28.2 Å². The molecule has 0 heterocycles. The fraction of sp³-hybridized carbons (Fsp3) is 0.500. The number of ether oxygens (including phenoxy) is 1. The van der Waals surface area contributed by atoms with Gasteiger partial charge >= 0.3 is 0 Å². The molecule has 1 aromatic rings. The van der Waals surface area contributed by atoms with Crippen molar-refractivity contribution in [2.24, 2.45) is 5.73 Å². The number of halogens is 1. The molecule has 2 rings (SSSR count). The molecule has 0 radical (unpaired) electrons. The van der Waals surface area contributed by atoms with E-state index in [2.05, 4.69) is 28.1 Å². The second-order valence-electron chi connectivity index (χ2n) is 4.19. The van der Waals surface area contributed by atoms with Gasteiger partial charge in [-0.25, -0.2) is 0 Å². The lowest BCUT2D eigenvalue weighted by Crippen LogP contribution is -2.41. The molecule has 82 valence electrons. The molecule has 1 saturated carbocycles. The van der Waals surface area contributed by atoms with Crippen LogP contribution in [0, 0.1) is 0 Å². The summed E-state index contributed by atoms with van der Waals surface area (Å²) in [7, 11) is 1.68. The largest absolute Gasteiger partial charge is 0.496 e. The quantitative estimate of drug-likeness (QED) is 0.916. The van der Waals surface area contributed by atoms with Gasteiger partial charge in [0.15, 0.2) is 0 Å². The van der Waals surface area contributed by atoms with E-state index in [0.29, 0.717) is 0 Å². The van der Waals surface area contributed by atoms with Gasteiger partial charge in [0.2, 0.25) is 0 Å². The zero-order valence-electron chi connectivity index (χ0n) is 8.92. The number of methoxy groups -OCH3 is 1. The van der Waals surface area contributed by atoms with Crippen molar-refractivity contribution < 1.29 is 4.74 Å². The molecule has 0 saturated heterocycles. The van der Waals surface area contributed by atoms with Crippen LogP contribution in [0.2, 0.25) is 0 Å².